The Morgan fingerprint density at radius 3 is 2.39 bits per heavy atom. The van der Waals surface area contributed by atoms with E-state index in [9.17, 15) is 32.3 Å². The number of amides is 3. The molecule has 1 aromatic carbocycles. The summed E-state index contributed by atoms with van der Waals surface area (Å²) in [5.41, 5.74) is -2.55. The highest BCUT2D eigenvalue weighted by Gasteiger charge is 2.60. The number of hydrogen-bond donors (Lipinski definition) is 0. The third-order valence-electron chi connectivity index (χ3n) is 7.16. The number of benzene rings is 1. The van der Waals surface area contributed by atoms with Crippen LogP contribution >= 0.6 is 23.1 Å². The molecule has 2 atom stereocenters. The lowest BCUT2D eigenvalue weighted by molar-refractivity contribution is -0.137. The summed E-state index contributed by atoms with van der Waals surface area (Å²) in [6.45, 7) is 4.53. The van der Waals surface area contributed by atoms with Crippen LogP contribution in [0.1, 0.15) is 43.6 Å². The molecule has 7 nitrogen and oxygen atoms in total. The van der Waals surface area contributed by atoms with Gasteiger partial charge in [-0.3, -0.25) is 23.7 Å². The standard InChI is InChI=1S/C24H24F3N3O4S2/c1-23(2)16-17(20(33)30(19(16)32)14-9-5-4-8-13(14)24(25,26)27)35-21-18(23)36-22(34)29(21)12-15(31)28-10-6-3-7-11-28/h4-5,8-9,16-17H,3,6-7,10-12H2,1-2H3. The fraction of sp³-hybridized carbons (Fsp3) is 0.500. The van der Waals surface area contributed by atoms with Gasteiger partial charge in [-0.25, -0.2) is 4.90 Å². The Bertz CT molecular complexity index is 1310. The van der Waals surface area contributed by atoms with Crippen LogP contribution < -0.4 is 9.77 Å². The zero-order valence-electron chi connectivity index (χ0n) is 19.6. The highest BCUT2D eigenvalue weighted by atomic mass is 32.2. The summed E-state index contributed by atoms with van der Waals surface area (Å²) < 4.78 is 42.4. The van der Waals surface area contributed by atoms with Crippen LogP contribution in [0.25, 0.3) is 0 Å². The van der Waals surface area contributed by atoms with E-state index in [1.807, 2.05) is 0 Å². The average molecular weight is 540 g/mol. The van der Waals surface area contributed by atoms with Crippen molar-refractivity contribution in [3.05, 3.63) is 44.4 Å². The van der Waals surface area contributed by atoms with Gasteiger partial charge in [0, 0.05) is 23.4 Å². The Balaban J connectivity index is 1.52. The SMILES string of the molecule is CC1(C)c2sc(=O)n(CC(=O)N3CCCCC3)c2SC2C(=O)N(c3ccccc3C(F)(F)F)C(=O)C21. The molecule has 0 N–H and O–H groups in total. The van der Waals surface area contributed by atoms with Crippen LogP contribution in [0.15, 0.2) is 34.1 Å². The molecule has 3 aliphatic rings. The third kappa shape index (κ3) is 3.89. The van der Waals surface area contributed by atoms with Crippen molar-refractivity contribution >= 4 is 46.5 Å². The minimum Gasteiger partial charge on any atom is -0.341 e. The lowest BCUT2D eigenvalue weighted by Crippen LogP contribution is -2.42. The number of alkyl halides is 3. The number of para-hydroxylation sites is 1. The number of hydrogen-bond acceptors (Lipinski definition) is 6. The molecule has 0 aliphatic carbocycles. The van der Waals surface area contributed by atoms with Crippen molar-refractivity contribution in [1.82, 2.24) is 9.47 Å². The van der Waals surface area contributed by atoms with Crippen molar-refractivity contribution in [1.29, 1.82) is 0 Å². The smallest absolute Gasteiger partial charge is 0.341 e. The van der Waals surface area contributed by atoms with E-state index in [-0.39, 0.29) is 17.3 Å². The number of fused-ring (bicyclic) bond motifs is 2. The number of piperidine rings is 1. The second kappa shape index (κ2) is 8.76. The number of nitrogens with zero attached hydrogens (tertiary/aromatic N) is 3. The van der Waals surface area contributed by atoms with Crippen LogP contribution in [0.5, 0.6) is 0 Å². The predicted molar refractivity (Wildman–Crippen MR) is 129 cm³/mol. The molecule has 3 amide bonds. The molecular weight excluding hydrogens is 515 g/mol. The van der Waals surface area contributed by atoms with Crippen LogP contribution in [0.4, 0.5) is 18.9 Å². The van der Waals surface area contributed by atoms with Gasteiger partial charge >= 0.3 is 11.0 Å². The molecule has 1 aromatic heterocycles. The largest absolute Gasteiger partial charge is 0.418 e. The first kappa shape index (κ1) is 25.1. The number of carbonyl (C=O) groups is 3. The topological polar surface area (TPSA) is 79.7 Å². The number of anilines is 1. The third-order valence-corrected chi connectivity index (χ3v) is 9.98. The monoisotopic (exact) mass is 539 g/mol. The van der Waals surface area contributed by atoms with Crippen LogP contribution in [-0.4, -0.2) is 45.5 Å². The van der Waals surface area contributed by atoms with Crippen molar-refractivity contribution in [3.63, 3.8) is 0 Å². The second-order valence-corrected chi connectivity index (χ2v) is 11.9. The van der Waals surface area contributed by atoms with E-state index < -0.39 is 45.8 Å². The van der Waals surface area contributed by atoms with Gasteiger partial charge in [0.25, 0.3) is 0 Å². The van der Waals surface area contributed by atoms with Crippen LogP contribution in [0.3, 0.4) is 0 Å². The summed E-state index contributed by atoms with van der Waals surface area (Å²) >= 11 is 1.92. The number of halogens is 3. The van der Waals surface area contributed by atoms with Crippen LogP contribution in [-0.2, 0) is 32.5 Å². The fourth-order valence-electron chi connectivity index (χ4n) is 5.29. The number of imide groups is 1. The number of likely N-dealkylation sites (tertiary alicyclic amines) is 1. The average Bonchev–Trinajstić information content (AvgIpc) is 3.28. The van der Waals surface area contributed by atoms with Crippen LogP contribution in [0, 0.1) is 5.92 Å². The zero-order valence-corrected chi connectivity index (χ0v) is 21.3. The highest BCUT2D eigenvalue weighted by molar-refractivity contribution is 8.00. The molecule has 5 rings (SSSR count). The first-order valence-electron chi connectivity index (χ1n) is 11.7. The molecular formula is C24H24F3N3O4S2. The van der Waals surface area contributed by atoms with Gasteiger partial charge < -0.3 is 4.90 Å². The molecule has 2 unspecified atom stereocenters. The number of aromatic nitrogens is 1. The first-order chi connectivity index (χ1) is 16.9. The van der Waals surface area contributed by atoms with Crippen LogP contribution in [0.2, 0.25) is 0 Å². The van der Waals surface area contributed by atoms with Gasteiger partial charge in [-0.2, -0.15) is 13.2 Å². The minimum absolute atomic E-state index is 0.173. The van der Waals surface area contributed by atoms with Gasteiger partial charge in [0.2, 0.25) is 17.7 Å². The van der Waals surface area contributed by atoms with Gasteiger partial charge in [-0.1, -0.05) is 49.1 Å². The van der Waals surface area contributed by atoms with Crippen molar-refractivity contribution in [2.75, 3.05) is 18.0 Å². The highest BCUT2D eigenvalue weighted by Crippen LogP contribution is 2.55. The maximum atomic E-state index is 13.7. The molecule has 0 spiro atoms. The van der Waals surface area contributed by atoms with E-state index in [0.717, 1.165) is 54.5 Å². The molecule has 0 saturated carbocycles. The quantitative estimate of drug-likeness (QED) is 0.554. The van der Waals surface area contributed by atoms with Gasteiger partial charge in [0.1, 0.15) is 11.8 Å². The van der Waals surface area contributed by atoms with E-state index in [2.05, 4.69) is 0 Å². The molecule has 2 fully saturated rings. The molecule has 2 aromatic rings. The minimum atomic E-state index is -4.75. The van der Waals surface area contributed by atoms with E-state index in [4.69, 9.17) is 0 Å². The van der Waals surface area contributed by atoms with E-state index >= 15 is 0 Å². The van der Waals surface area contributed by atoms with Crippen molar-refractivity contribution in [3.8, 4) is 0 Å². The van der Waals surface area contributed by atoms with E-state index in [1.54, 1.807) is 18.7 Å². The molecule has 2 saturated heterocycles. The summed E-state index contributed by atoms with van der Waals surface area (Å²) in [5, 5.41) is -0.569. The number of thiazole rings is 1. The second-order valence-electron chi connectivity index (χ2n) is 9.79. The van der Waals surface area contributed by atoms with Gasteiger partial charge in [-0.05, 0) is 31.4 Å². The Morgan fingerprint density at radius 1 is 1.06 bits per heavy atom. The molecule has 0 bridgehead atoms. The van der Waals surface area contributed by atoms with Gasteiger partial charge in [0.05, 0.1) is 22.2 Å². The maximum Gasteiger partial charge on any atom is 0.418 e. The Hall–Kier alpha value is -2.60. The van der Waals surface area contributed by atoms with E-state index in [1.165, 1.54) is 16.7 Å². The lowest BCUT2D eigenvalue weighted by atomic mass is 9.76. The summed E-state index contributed by atoms with van der Waals surface area (Å²) in [6, 6.07) is 4.53. The first-order valence-corrected chi connectivity index (χ1v) is 13.3. The molecule has 3 aliphatic heterocycles. The molecule has 0 radical (unpaired) electrons. The number of rotatable bonds is 3. The number of carbonyl (C=O) groups excluding carboxylic acids is 3. The molecule has 36 heavy (non-hydrogen) atoms. The Kier molecular flexibility index (Phi) is 6.10. The zero-order chi connectivity index (χ0) is 26.0. The van der Waals surface area contributed by atoms with Crippen molar-refractivity contribution < 1.29 is 27.6 Å². The molecule has 12 heteroatoms. The number of thioether (sulfide) groups is 1. The van der Waals surface area contributed by atoms with E-state index in [0.29, 0.717) is 27.9 Å². The Labute approximate surface area is 213 Å². The summed E-state index contributed by atoms with van der Waals surface area (Å²) in [4.78, 5) is 55.4. The molecule has 192 valence electrons. The van der Waals surface area contributed by atoms with Crippen molar-refractivity contribution in [2.45, 2.75) is 61.5 Å². The Morgan fingerprint density at radius 2 is 1.72 bits per heavy atom. The summed E-state index contributed by atoms with van der Waals surface area (Å²) in [7, 11) is 0. The predicted octanol–water partition coefficient (Wildman–Crippen LogP) is 3.88. The normalized spacial score (nSPS) is 23.6. The maximum absolute atomic E-state index is 13.7. The van der Waals surface area contributed by atoms with Gasteiger partial charge in [0.15, 0.2) is 0 Å². The lowest BCUT2D eigenvalue weighted by Gasteiger charge is -2.36. The summed E-state index contributed by atoms with van der Waals surface area (Å²) in [5.74, 6) is -2.61. The van der Waals surface area contributed by atoms with Crippen molar-refractivity contribution in [2.24, 2.45) is 5.92 Å². The summed E-state index contributed by atoms with van der Waals surface area (Å²) in [6.07, 6.45) is -1.89. The molecule has 4 heterocycles. The van der Waals surface area contributed by atoms with Gasteiger partial charge in [-0.15, -0.1) is 0 Å². The fourth-order valence-corrected chi connectivity index (χ4v) is 8.33.